The normalized spacial score (nSPS) is 22.1. The Hall–Kier alpha value is -1.50. The largest absolute Gasteiger partial charge is 0.374 e. The third-order valence-electron chi connectivity index (χ3n) is 3.54. The molecule has 2 rings (SSSR count). The maximum atomic E-state index is 10.8. The van der Waals surface area contributed by atoms with Crippen molar-refractivity contribution < 1.29 is 9.66 Å². The van der Waals surface area contributed by atoms with Gasteiger partial charge in [-0.3, -0.25) is 15.0 Å². The summed E-state index contributed by atoms with van der Waals surface area (Å²) in [5.74, 6) is 0. The highest BCUT2D eigenvalue weighted by Gasteiger charge is 2.24. The first-order valence-corrected chi connectivity index (χ1v) is 6.42. The smallest absolute Gasteiger partial charge is 0.269 e. The van der Waals surface area contributed by atoms with Crippen LogP contribution < -0.4 is 5.73 Å². The van der Waals surface area contributed by atoms with Gasteiger partial charge in [0.25, 0.3) is 5.69 Å². The standard InChI is InChI=1S/C13H19N3O3/c1-10(15-5-6-19-13(8-14)9-15)11-3-2-4-12(7-11)16(17)18/h2-4,7,10,13H,5-6,8-9,14H2,1H3. The fourth-order valence-corrected chi connectivity index (χ4v) is 2.35. The van der Waals surface area contributed by atoms with Gasteiger partial charge >= 0.3 is 0 Å². The Morgan fingerprint density at radius 3 is 3.11 bits per heavy atom. The van der Waals surface area contributed by atoms with Crippen LogP contribution in [0.15, 0.2) is 24.3 Å². The van der Waals surface area contributed by atoms with Crippen LogP contribution in [0.1, 0.15) is 18.5 Å². The Kier molecular flexibility index (Phi) is 4.47. The number of nitrogens with zero attached hydrogens (tertiary/aromatic N) is 2. The number of hydrogen-bond acceptors (Lipinski definition) is 5. The van der Waals surface area contributed by atoms with Gasteiger partial charge in [0.1, 0.15) is 0 Å². The summed E-state index contributed by atoms with van der Waals surface area (Å²) in [6.45, 7) is 4.79. The van der Waals surface area contributed by atoms with Crippen LogP contribution in [0.3, 0.4) is 0 Å². The number of ether oxygens (including phenoxy) is 1. The lowest BCUT2D eigenvalue weighted by Crippen LogP contribution is -2.46. The maximum Gasteiger partial charge on any atom is 0.269 e. The zero-order valence-electron chi connectivity index (χ0n) is 11.0. The second-order valence-corrected chi connectivity index (χ2v) is 4.75. The minimum Gasteiger partial charge on any atom is -0.374 e. The van der Waals surface area contributed by atoms with E-state index in [0.717, 1.165) is 18.7 Å². The highest BCUT2D eigenvalue weighted by atomic mass is 16.6. The van der Waals surface area contributed by atoms with Crippen molar-refractivity contribution in [3.8, 4) is 0 Å². The van der Waals surface area contributed by atoms with Crippen LogP contribution in [0.2, 0.25) is 0 Å². The molecule has 0 aliphatic carbocycles. The molecule has 0 aromatic heterocycles. The molecule has 6 nitrogen and oxygen atoms in total. The first-order chi connectivity index (χ1) is 9.11. The zero-order valence-corrected chi connectivity index (χ0v) is 11.0. The van der Waals surface area contributed by atoms with E-state index in [-0.39, 0.29) is 22.8 Å². The highest BCUT2D eigenvalue weighted by molar-refractivity contribution is 5.35. The van der Waals surface area contributed by atoms with E-state index in [1.165, 1.54) is 6.07 Å². The molecule has 0 amide bonds. The topological polar surface area (TPSA) is 81.6 Å². The van der Waals surface area contributed by atoms with Crippen LogP contribution in [0.25, 0.3) is 0 Å². The maximum absolute atomic E-state index is 10.8. The molecule has 2 N–H and O–H groups in total. The Labute approximate surface area is 112 Å². The van der Waals surface area contributed by atoms with E-state index in [1.807, 2.05) is 6.07 Å². The molecular weight excluding hydrogens is 246 g/mol. The minimum absolute atomic E-state index is 0.0508. The van der Waals surface area contributed by atoms with Crippen molar-refractivity contribution in [1.82, 2.24) is 4.90 Å². The Morgan fingerprint density at radius 1 is 1.63 bits per heavy atom. The number of nitrogens with two attached hydrogens (primary N) is 1. The van der Waals surface area contributed by atoms with Crippen molar-refractivity contribution in [2.45, 2.75) is 19.1 Å². The third-order valence-corrected chi connectivity index (χ3v) is 3.54. The number of nitro groups is 1. The number of benzene rings is 1. The quantitative estimate of drug-likeness (QED) is 0.655. The van der Waals surface area contributed by atoms with E-state index in [0.29, 0.717) is 13.2 Å². The van der Waals surface area contributed by atoms with E-state index in [1.54, 1.807) is 12.1 Å². The average Bonchev–Trinajstić information content (AvgIpc) is 2.46. The molecule has 1 aromatic carbocycles. The second kappa shape index (κ2) is 6.10. The molecule has 1 aromatic rings. The van der Waals surface area contributed by atoms with E-state index >= 15 is 0 Å². The van der Waals surface area contributed by atoms with Gasteiger partial charge in [-0.15, -0.1) is 0 Å². The van der Waals surface area contributed by atoms with Crippen LogP contribution in [0.5, 0.6) is 0 Å². The van der Waals surface area contributed by atoms with Gasteiger partial charge in [-0.25, -0.2) is 0 Å². The molecule has 19 heavy (non-hydrogen) atoms. The molecule has 1 saturated heterocycles. The first-order valence-electron chi connectivity index (χ1n) is 6.42. The summed E-state index contributed by atoms with van der Waals surface area (Å²) in [6.07, 6.45) is 0.0508. The molecular formula is C13H19N3O3. The summed E-state index contributed by atoms with van der Waals surface area (Å²) >= 11 is 0. The monoisotopic (exact) mass is 265 g/mol. The number of non-ortho nitro benzene ring substituents is 1. The lowest BCUT2D eigenvalue weighted by atomic mass is 10.1. The lowest BCUT2D eigenvalue weighted by molar-refractivity contribution is -0.385. The molecule has 6 heteroatoms. The molecule has 1 heterocycles. The van der Waals surface area contributed by atoms with Crippen LogP contribution in [0.4, 0.5) is 5.69 Å². The van der Waals surface area contributed by atoms with Gasteiger partial charge in [0.2, 0.25) is 0 Å². The van der Waals surface area contributed by atoms with Crippen molar-refractivity contribution >= 4 is 5.69 Å². The average molecular weight is 265 g/mol. The lowest BCUT2D eigenvalue weighted by Gasteiger charge is -2.36. The van der Waals surface area contributed by atoms with Gasteiger partial charge < -0.3 is 10.5 Å². The van der Waals surface area contributed by atoms with Gasteiger partial charge in [-0.05, 0) is 12.5 Å². The van der Waals surface area contributed by atoms with Crippen molar-refractivity contribution in [1.29, 1.82) is 0 Å². The van der Waals surface area contributed by atoms with Crippen molar-refractivity contribution in [2.24, 2.45) is 5.73 Å². The van der Waals surface area contributed by atoms with Crippen molar-refractivity contribution in [3.63, 3.8) is 0 Å². The summed E-state index contributed by atoms with van der Waals surface area (Å²) < 4.78 is 5.53. The molecule has 0 radical (unpaired) electrons. The number of rotatable bonds is 4. The summed E-state index contributed by atoms with van der Waals surface area (Å²) in [5.41, 5.74) is 6.71. The molecule has 1 fully saturated rings. The molecule has 2 unspecified atom stereocenters. The van der Waals surface area contributed by atoms with E-state index in [2.05, 4.69) is 11.8 Å². The van der Waals surface area contributed by atoms with Crippen molar-refractivity contribution in [2.75, 3.05) is 26.2 Å². The molecule has 104 valence electrons. The van der Waals surface area contributed by atoms with Crippen molar-refractivity contribution in [3.05, 3.63) is 39.9 Å². The fraction of sp³-hybridized carbons (Fsp3) is 0.538. The molecule has 1 aliphatic rings. The summed E-state index contributed by atoms with van der Waals surface area (Å²) in [6, 6.07) is 6.92. The third kappa shape index (κ3) is 3.28. The van der Waals surface area contributed by atoms with E-state index < -0.39 is 0 Å². The SMILES string of the molecule is CC(c1cccc([N+](=O)[O-])c1)N1CCOC(CN)C1. The van der Waals surface area contributed by atoms with Crippen LogP contribution in [0, 0.1) is 10.1 Å². The first kappa shape index (κ1) is 13.9. The number of morpholine rings is 1. The van der Waals surface area contributed by atoms with Gasteiger partial charge in [0, 0.05) is 37.8 Å². The highest BCUT2D eigenvalue weighted by Crippen LogP contribution is 2.25. The van der Waals surface area contributed by atoms with Crippen LogP contribution >= 0.6 is 0 Å². The summed E-state index contributed by atoms with van der Waals surface area (Å²) in [5, 5.41) is 10.8. The van der Waals surface area contributed by atoms with E-state index in [4.69, 9.17) is 10.5 Å². The Morgan fingerprint density at radius 2 is 2.42 bits per heavy atom. The minimum atomic E-state index is -0.363. The Balaban J connectivity index is 2.12. The predicted molar refractivity (Wildman–Crippen MR) is 71.9 cm³/mol. The number of nitro benzene ring substituents is 1. The summed E-state index contributed by atoms with van der Waals surface area (Å²) in [7, 11) is 0. The van der Waals surface area contributed by atoms with E-state index in [9.17, 15) is 10.1 Å². The van der Waals surface area contributed by atoms with Gasteiger partial charge in [0.15, 0.2) is 0 Å². The zero-order chi connectivity index (χ0) is 13.8. The number of hydrogen-bond donors (Lipinski definition) is 1. The van der Waals surface area contributed by atoms with Crippen LogP contribution in [-0.4, -0.2) is 42.2 Å². The van der Waals surface area contributed by atoms with Gasteiger partial charge in [0.05, 0.1) is 17.6 Å². The van der Waals surface area contributed by atoms with Gasteiger partial charge in [-0.1, -0.05) is 12.1 Å². The molecule has 0 bridgehead atoms. The molecule has 1 aliphatic heterocycles. The fourth-order valence-electron chi connectivity index (χ4n) is 2.35. The van der Waals surface area contributed by atoms with Gasteiger partial charge in [-0.2, -0.15) is 0 Å². The molecule has 0 saturated carbocycles. The molecule has 2 atom stereocenters. The Bertz CT molecular complexity index is 453. The van der Waals surface area contributed by atoms with Crippen LogP contribution in [-0.2, 0) is 4.74 Å². The predicted octanol–water partition coefficient (Wildman–Crippen LogP) is 1.32. The molecule has 0 spiro atoms. The summed E-state index contributed by atoms with van der Waals surface area (Å²) in [4.78, 5) is 12.7. The second-order valence-electron chi connectivity index (χ2n) is 4.75.